The predicted molar refractivity (Wildman–Crippen MR) is 118 cm³/mol. The van der Waals surface area contributed by atoms with Gasteiger partial charge in [-0.25, -0.2) is 4.79 Å². The van der Waals surface area contributed by atoms with Crippen LogP contribution in [-0.4, -0.2) is 35.8 Å². The minimum atomic E-state index is -0.429. The fraction of sp³-hybridized carbons (Fsp3) is 0.190. The van der Waals surface area contributed by atoms with Gasteiger partial charge in [0.15, 0.2) is 0 Å². The Morgan fingerprint density at radius 1 is 1.17 bits per heavy atom. The van der Waals surface area contributed by atoms with Gasteiger partial charge < -0.3 is 10.1 Å². The zero-order valence-electron chi connectivity index (χ0n) is 16.1. The van der Waals surface area contributed by atoms with Crippen molar-refractivity contribution < 1.29 is 19.1 Å². The number of thioether (sulfide) groups is 1. The van der Waals surface area contributed by atoms with Crippen LogP contribution in [0.4, 0.5) is 10.5 Å². The molecule has 2 aromatic rings. The average molecular weight is 475 g/mol. The molecule has 1 aliphatic rings. The molecule has 150 valence electrons. The number of esters is 1. The summed E-state index contributed by atoms with van der Waals surface area (Å²) < 4.78 is 5.65. The highest BCUT2D eigenvalue weighted by molar-refractivity contribution is 9.10. The number of benzene rings is 2. The van der Waals surface area contributed by atoms with Crippen molar-refractivity contribution in [1.29, 1.82) is 0 Å². The molecule has 1 heterocycles. The number of hydrogen-bond acceptors (Lipinski definition) is 6. The molecular formula is C21H19BrN2O4S. The van der Waals surface area contributed by atoms with Crippen LogP contribution in [0.2, 0.25) is 0 Å². The van der Waals surface area contributed by atoms with Gasteiger partial charge in [0, 0.05) is 10.2 Å². The number of rotatable bonds is 5. The molecule has 0 aromatic heterocycles. The van der Waals surface area contributed by atoms with Crippen molar-refractivity contribution in [2.75, 3.05) is 19.1 Å². The lowest BCUT2D eigenvalue weighted by Crippen LogP contribution is -2.33. The lowest BCUT2D eigenvalue weighted by molar-refractivity contribution is -0.122. The van der Waals surface area contributed by atoms with E-state index >= 15 is 0 Å². The van der Waals surface area contributed by atoms with E-state index in [0.717, 1.165) is 38.6 Å². The molecule has 1 aliphatic heterocycles. The van der Waals surface area contributed by atoms with Gasteiger partial charge >= 0.3 is 5.97 Å². The molecule has 0 aliphatic carbocycles. The number of carbonyl (C=O) groups is 3. The number of anilines is 1. The molecule has 0 bridgehead atoms. The molecule has 8 heteroatoms. The van der Waals surface area contributed by atoms with Gasteiger partial charge in [-0.2, -0.15) is 0 Å². The molecule has 1 fully saturated rings. The first kappa shape index (κ1) is 21.1. The van der Waals surface area contributed by atoms with Crippen molar-refractivity contribution in [3.8, 4) is 0 Å². The fourth-order valence-electron chi connectivity index (χ4n) is 2.97. The Morgan fingerprint density at radius 2 is 1.79 bits per heavy atom. The van der Waals surface area contributed by atoms with Gasteiger partial charge in [0.2, 0.25) is 0 Å². The van der Waals surface area contributed by atoms with E-state index in [9.17, 15) is 14.4 Å². The van der Waals surface area contributed by atoms with Crippen molar-refractivity contribution in [3.63, 3.8) is 0 Å². The molecule has 1 saturated heterocycles. The molecule has 6 nitrogen and oxygen atoms in total. The summed E-state index contributed by atoms with van der Waals surface area (Å²) in [5, 5.41) is 2.87. The smallest absolute Gasteiger partial charge is 0.337 e. The number of nitrogens with one attached hydrogen (secondary N) is 1. The van der Waals surface area contributed by atoms with Crippen LogP contribution in [0.5, 0.6) is 0 Å². The Balaban J connectivity index is 1.73. The quantitative estimate of drug-likeness (QED) is 0.487. The lowest BCUT2D eigenvalue weighted by atomic mass is 10.1. The number of amides is 2. The highest BCUT2D eigenvalue weighted by atomic mass is 79.9. The molecule has 0 spiro atoms. The standard InChI is InChI=1S/C21H19BrN2O4S/c1-12-8-16(22)9-13(2)18(12)23-11-24-19(25)17(29-21(24)27)10-14-4-6-15(7-5-14)20(26)28-3/h4-10,23H,11H2,1-3H3/b17-10-. The van der Waals surface area contributed by atoms with Crippen LogP contribution in [0.1, 0.15) is 27.0 Å². The van der Waals surface area contributed by atoms with E-state index in [1.165, 1.54) is 12.0 Å². The molecule has 2 amide bonds. The lowest BCUT2D eigenvalue weighted by Gasteiger charge is -2.18. The Hall–Kier alpha value is -2.58. The zero-order valence-corrected chi connectivity index (χ0v) is 18.5. The summed E-state index contributed by atoms with van der Waals surface area (Å²) >= 11 is 4.35. The largest absolute Gasteiger partial charge is 0.465 e. The molecule has 2 aromatic carbocycles. The Morgan fingerprint density at radius 3 is 2.38 bits per heavy atom. The van der Waals surface area contributed by atoms with E-state index in [4.69, 9.17) is 0 Å². The maximum atomic E-state index is 12.7. The monoisotopic (exact) mass is 474 g/mol. The predicted octanol–water partition coefficient (Wildman–Crippen LogP) is 4.96. The molecular weight excluding hydrogens is 456 g/mol. The number of halogens is 1. The SMILES string of the molecule is COC(=O)c1ccc(/C=C2\SC(=O)N(CNc3c(C)cc(Br)cc3C)C2=O)cc1. The third-order valence-electron chi connectivity index (χ3n) is 4.41. The van der Waals surface area contributed by atoms with E-state index in [2.05, 4.69) is 26.0 Å². The van der Waals surface area contributed by atoms with Crippen LogP contribution >= 0.6 is 27.7 Å². The summed E-state index contributed by atoms with van der Waals surface area (Å²) in [6, 6.07) is 10.6. The average Bonchev–Trinajstić information content (AvgIpc) is 2.94. The van der Waals surface area contributed by atoms with Gasteiger partial charge in [-0.1, -0.05) is 28.1 Å². The molecule has 0 atom stereocenters. The second-order valence-electron chi connectivity index (χ2n) is 6.47. The minimum Gasteiger partial charge on any atom is -0.465 e. The van der Waals surface area contributed by atoms with Crippen LogP contribution in [0.25, 0.3) is 6.08 Å². The van der Waals surface area contributed by atoms with E-state index in [1.54, 1.807) is 30.3 Å². The van der Waals surface area contributed by atoms with E-state index in [1.807, 2.05) is 26.0 Å². The Labute approximate surface area is 181 Å². The zero-order chi connectivity index (χ0) is 21.1. The first-order valence-electron chi connectivity index (χ1n) is 8.74. The molecule has 3 rings (SSSR count). The van der Waals surface area contributed by atoms with Crippen LogP contribution in [-0.2, 0) is 9.53 Å². The number of aryl methyl sites for hydroxylation is 2. The van der Waals surface area contributed by atoms with Gasteiger partial charge in [0.25, 0.3) is 11.1 Å². The van der Waals surface area contributed by atoms with Gasteiger partial charge in [0.1, 0.15) is 0 Å². The van der Waals surface area contributed by atoms with Crippen molar-refractivity contribution in [3.05, 3.63) is 68.0 Å². The van der Waals surface area contributed by atoms with Gasteiger partial charge in [-0.15, -0.1) is 0 Å². The number of ether oxygens (including phenoxy) is 1. The molecule has 1 N–H and O–H groups in total. The van der Waals surface area contributed by atoms with E-state index < -0.39 is 5.97 Å². The van der Waals surface area contributed by atoms with Crippen LogP contribution in [0, 0.1) is 13.8 Å². The molecule has 0 saturated carbocycles. The summed E-state index contributed by atoms with van der Waals surface area (Å²) in [6.07, 6.45) is 1.64. The second-order valence-corrected chi connectivity index (χ2v) is 8.38. The van der Waals surface area contributed by atoms with Crippen molar-refractivity contribution in [2.24, 2.45) is 0 Å². The highest BCUT2D eigenvalue weighted by Gasteiger charge is 2.34. The number of nitrogens with zero attached hydrogens (tertiary/aromatic N) is 1. The molecule has 29 heavy (non-hydrogen) atoms. The normalized spacial score (nSPS) is 15.2. The van der Waals surface area contributed by atoms with Crippen LogP contribution in [0.15, 0.2) is 45.8 Å². The third-order valence-corrected chi connectivity index (χ3v) is 5.78. The van der Waals surface area contributed by atoms with Gasteiger partial charge in [-0.05, 0) is 72.6 Å². The second kappa shape index (κ2) is 8.84. The third kappa shape index (κ3) is 4.71. The first-order valence-corrected chi connectivity index (χ1v) is 10.4. The van der Waals surface area contributed by atoms with Crippen LogP contribution < -0.4 is 5.32 Å². The number of carbonyl (C=O) groups excluding carboxylic acids is 3. The topological polar surface area (TPSA) is 75.7 Å². The summed E-state index contributed by atoms with van der Waals surface area (Å²) in [6.45, 7) is 4.02. The van der Waals surface area contributed by atoms with Crippen molar-refractivity contribution >= 4 is 56.6 Å². The van der Waals surface area contributed by atoms with E-state index in [-0.39, 0.29) is 17.8 Å². The number of methoxy groups -OCH3 is 1. The minimum absolute atomic E-state index is 0.0899. The van der Waals surface area contributed by atoms with Gasteiger partial charge in [0.05, 0.1) is 24.2 Å². The maximum absolute atomic E-state index is 12.7. The number of hydrogen-bond donors (Lipinski definition) is 1. The van der Waals surface area contributed by atoms with Crippen molar-refractivity contribution in [1.82, 2.24) is 4.90 Å². The summed E-state index contributed by atoms with van der Waals surface area (Å²) in [5.41, 5.74) is 4.07. The van der Waals surface area contributed by atoms with Crippen molar-refractivity contribution in [2.45, 2.75) is 13.8 Å². The van der Waals surface area contributed by atoms with E-state index in [0.29, 0.717) is 10.5 Å². The Kier molecular flexibility index (Phi) is 6.44. The molecule has 0 radical (unpaired) electrons. The first-order chi connectivity index (χ1) is 13.8. The molecule has 0 unspecified atom stereocenters. The van der Waals surface area contributed by atoms with Gasteiger partial charge in [-0.3, -0.25) is 14.5 Å². The maximum Gasteiger partial charge on any atom is 0.337 e. The Bertz CT molecular complexity index is 995. The van der Waals surface area contributed by atoms with Crippen LogP contribution in [0.3, 0.4) is 0 Å². The summed E-state index contributed by atoms with van der Waals surface area (Å²) in [5.74, 6) is -0.779. The highest BCUT2D eigenvalue weighted by Crippen LogP contribution is 2.33. The fourth-order valence-corrected chi connectivity index (χ4v) is 4.49. The summed E-state index contributed by atoms with van der Waals surface area (Å²) in [7, 11) is 1.32. The number of imide groups is 1. The summed E-state index contributed by atoms with van der Waals surface area (Å²) in [4.78, 5) is 38.0.